The maximum absolute atomic E-state index is 13.3. The van der Waals surface area contributed by atoms with Crippen LogP contribution < -0.4 is 4.74 Å². The molecule has 1 aliphatic heterocycles. The number of rotatable bonds is 1. The Balaban J connectivity index is 2.44. The summed E-state index contributed by atoms with van der Waals surface area (Å²) in [6.07, 6.45) is 0. The van der Waals surface area contributed by atoms with Crippen molar-refractivity contribution in [3.05, 3.63) is 59.2 Å². The van der Waals surface area contributed by atoms with Gasteiger partial charge in [0.25, 0.3) is 0 Å². The van der Waals surface area contributed by atoms with Crippen LogP contribution in [0.15, 0.2) is 42.5 Å². The zero-order valence-electron chi connectivity index (χ0n) is 15.8. The lowest BCUT2D eigenvalue weighted by Crippen LogP contribution is -2.47. The Morgan fingerprint density at radius 1 is 0.920 bits per heavy atom. The molecule has 3 heteroatoms. The molecule has 1 N–H and O–H groups in total. The minimum atomic E-state index is -0.917. The average molecular weight is 338 g/mol. The molecule has 0 aliphatic carbocycles. The van der Waals surface area contributed by atoms with E-state index < -0.39 is 10.8 Å². The number of esters is 1. The van der Waals surface area contributed by atoms with E-state index in [-0.39, 0.29) is 17.1 Å². The molecule has 1 unspecified atom stereocenters. The Kier molecular flexibility index (Phi) is 3.75. The number of ether oxygens (including phenoxy) is 1. The Morgan fingerprint density at radius 2 is 1.52 bits per heavy atom. The van der Waals surface area contributed by atoms with E-state index in [1.807, 2.05) is 24.3 Å². The van der Waals surface area contributed by atoms with Crippen LogP contribution in [0.4, 0.5) is 0 Å². The van der Waals surface area contributed by atoms with Gasteiger partial charge in [-0.2, -0.15) is 0 Å². The molecule has 132 valence electrons. The van der Waals surface area contributed by atoms with Gasteiger partial charge in [-0.3, -0.25) is 4.79 Å². The molecular formula is C22H26O3. The number of hydrogen-bond donors (Lipinski definition) is 1. The fourth-order valence-corrected chi connectivity index (χ4v) is 3.99. The van der Waals surface area contributed by atoms with Crippen LogP contribution in [0, 0.1) is 5.41 Å². The maximum atomic E-state index is 13.3. The molecule has 1 atom stereocenters. The Labute approximate surface area is 149 Å². The first kappa shape index (κ1) is 17.5. The van der Waals surface area contributed by atoms with Crippen LogP contribution in [0.3, 0.4) is 0 Å². The van der Waals surface area contributed by atoms with Gasteiger partial charge in [0.05, 0.1) is 0 Å². The molecule has 1 heterocycles. The van der Waals surface area contributed by atoms with E-state index in [4.69, 9.17) is 4.74 Å². The van der Waals surface area contributed by atoms with Crippen molar-refractivity contribution in [3.63, 3.8) is 0 Å². The Morgan fingerprint density at radius 3 is 2.04 bits per heavy atom. The monoisotopic (exact) mass is 338 g/mol. The minimum Gasteiger partial charge on any atom is -0.508 e. The highest BCUT2D eigenvalue weighted by Crippen LogP contribution is 2.57. The van der Waals surface area contributed by atoms with Gasteiger partial charge in [-0.15, -0.1) is 0 Å². The molecule has 2 aromatic carbocycles. The smallest absolute Gasteiger partial charge is 0.327 e. The molecule has 0 saturated heterocycles. The molecule has 0 fully saturated rings. The molecule has 0 amide bonds. The van der Waals surface area contributed by atoms with Gasteiger partial charge in [0, 0.05) is 5.56 Å². The van der Waals surface area contributed by atoms with Crippen LogP contribution in [0.5, 0.6) is 11.5 Å². The molecule has 0 aromatic heterocycles. The summed E-state index contributed by atoms with van der Waals surface area (Å²) in [5, 5.41) is 9.72. The molecule has 1 aliphatic rings. The highest BCUT2D eigenvalue weighted by Gasteiger charge is 2.59. The lowest BCUT2D eigenvalue weighted by atomic mass is 9.57. The van der Waals surface area contributed by atoms with E-state index >= 15 is 0 Å². The van der Waals surface area contributed by atoms with E-state index in [0.29, 0.717) is 5.75 Å². The lowest BCUT2D eigenvalue weighted by molar-refractivity contribution is -0.140. The van der Waals surface area contributed by atoms with Gasteiger partial charge in [-0.25, -0.2) is 0 Å². The van der Waals surface area contributed by atoms with E-state index in [0.717, 1.165) is 16.7 Å². The van der Waals surface area contributed by atoms with E-state index in [2.05, 4.69) is 47.6 Å². The summed E-state index contributed by atoms with van der Waals surface area (Å²) in [5.74, 6) is 0.571. The Bertz CT molecular complexity index is 820. The van der Waals surface area contributed by atoms with Gasteiger partial charge in [0.15, 0.2) is 0 Å². The van der Waals surface area contributed by atoms with Gasteiger partial charge in [-0.05, 0) is 40.2 Å². The third kappa shape index (κ3) is 2.45. The predicted octanol–water partition coefficient (Wildman–Crippen LogP) is 4.94. The maximum Gasteiger partial charge on any atom is 0.327 e. The number of carbonyl (C=O) groups excluding carboxylic acids is 1. The summed E-state index contributed by atoms with van der Waals surface area (Å²) in [7, 11) is 0. The van der Waals surface area contributed by atoms with Gasteiger partial charge in [0.2, 0.25) is 0 Å². The Hall–Kier alpha value is -2.29. The molecule has 0 radical (unpaired) electrons. The third-order valence-corrected chi connectivity index (χ3v) is 5.14. The first-order valence-corrected chi connectivity index (χ1v) is 8.65. The number of fused-ring (bicyclic) bond motifs is 1. The summed E-state index contributed by atoms with van der Waals surface area (Å²) < 4.78 is 5.77. The van der Waals surface area contributed by atoms with Gasteiger partial charge >= 0.3 is 5.97 Å². The first-order chi connectivity index (χ1) is 11.5. The lowest BCUT2D eigenvalue weighted by Gasteiger charge is -2.41. The highest BCUT2D eigenvalue weighted by molar-refractivity contribution is 5.96. The largest absolute Gasteiger partial charge is 0.508 e. The number of benzene rings is 2. The fraction of sp³-hybridized carbons (Fsp3) is 0.409. The van der Waals surface area contributed by atoms with E-state index in [1.54, 1.807) is 12.1 Å². The number of hydrogen-bond acceptors (Lipinski definition) is 3. The van der Waals surface area contributed by atoms with Crippen molar-refractivity contribution in [1.29, 1.82) is 0 Å². The summed E-state index contributed by atoms with van der Waals surface area (Å²) >= 11 is 0. The number of phenolic OH excluding ortho intramolecular Hbond substituents is 1. The van der Waals surface area contributed by atoms with Crippen molar-refractivity contribution in [2.24, 2.45) is 5.41 Å². The van der Waals surface area contributed by atoms with E-state index in [9.17, 15) is 9.90 Å². The van der Waals surface area contributed by atoms with Crippen LogP contribution in [-0.4, -0.2) is 11.1 Å². The molecule has 3 rings (SSSR count). The molecule has 0 saturated carbocycles. The topological polar surface area (TPSA) is 46.5 Å². The van der Waals surface area contributed by atoms with Crippen LogP contribution in [0.2, 0.25) is 0 Å². The highest BCUT2D eigenvalue weighted by atomic mass is 16.5. The summed E-state index contributed by atoms with van der Waals surface area (Å²) in [4.78, 5) is 13.3. The average Bonchev–Trinajstić information content (AvgIpc) is 2.79. The fourth-order valence-electron chi connectivity index (χ4n) is 3.99. The van der Waals surface area contributed by atoms with Crippen molar-refractivity contribution >= 4 is 5.97 Å². The summed E-state index contributed by atoms with van der Waals surface area (Å²) in [6.45, 7) is 12.6. The first-order valence-electron chi connectivity index (χ1n) is 8.65. The van der Waals surface area contributed by atoms with Gasteiger partial charge < -0.3 is 9.84 Å². The predicted molar refractivity (Wildman–Crippen MR) is 99.1 cm³/mol. The molecule has 0 spiro atoms. The molecule has 0 bridgehead atoms. The zero-order valence-corrected chi connectivity index (χ0v) is 15.8. The van der Waals surface area contributed by atoms with E-state index in [1.165, 1.54) is 0 Å². The summed E-state index contributed by atoms with van der Waals surface area (Å²) in [6, 6.07) is 12.8. The van der Waals surface area contributed by atoms with Crippen LogP contribution in [0.25, 0.3) is 0 Å². The standard InChI is InChI=1S/C22H26O3/c1-20(2,3)16-8-7-9-17-18(16)22(19(24)25-17,21(4,5)6)14-10-12-15(23)13-11-14/h7-13,23H,1-6H3. The van der Waals surface area contributed by atoms with Gasteiger partial charge in [0.1, 0.15) is 16.9 Å². The second-order valence-corrected chi connectivity index (χ2v) is 8.87. The number of carbonyl (C=O) groups is 1. The second-order valence-electron chi connectivity index (χ2n) is 8.87. The number of aromatic hydroxyl groups is 1. The molecule has 3 nitrogen and oxygen atoms in total. The summed E-state index contributed by atoms with van der Waals surface area (Å²) in [5.41, 5.74) is 1.45. The third-order valence-electron chi connectivity index (χ3n) is 5.14. The second kappa shape index (κ2) is 5.35. The van der Waals surface area contributed by atoms with Crippen molar-refractivity contribution in [2.45, 2.75) is 52.4 Å². The van der Waals surface area contributed by atoms with Crippen molar-refractivity contribution in [3.8, 4) is 11.5 Å². The molecular weight excluding hydrogens is 312 g/mol. The molecule has 25 heavy (non-hydrogen) atoms. The molecule has 2 aromatic rings. The van der Waals surface area contributed by atoms with Crippen LogP contribution in [0.1, 0.15) is 58.2 Å². The quantitative estimate of drug-likeness (QED) is 0.592. The zero-order chi connectivity index (χ0) is 18.6. The normalized spacial score (nSPS) is 20.3. The van der Waals surface area contributed by atoms with Gasteiger partial charge in [-0.1, -0.05) is 65.8 Å². The number of phenols is 1. The van der Waals surface area contributed by atoms with Crippen LogP contribution >= 0.6 is 0 Å². The van der Waals surface area contributed by atoms with Crippen molar-refractivity contribution in [1.82, 2.24) is 0 Å². The van der Waals surface area contributed by atoms with Crippen molar-refractivity contribution < 1.29 is 14.6 Å². The minimum absolute atomic E-state index is 0.132. The van der Waals surface area contributed by atoms with Crippen molar-refractivity contribution in [2.75, 3.05) is 0 Å². The van der Waals surface area contributed by atoms with Crippen LogP contribution in [-0.2, 0) is 15.6 Å². The SMILES string of the molecule is CC(C)(C)c1cccc2c1C(c1ccc(O)cc1)(C(C)(C)C)C(=O)O2.